The van der Waals surface area contributed by atoms with Gasteiger partial charge in [-0.15, -0.1) is 0 Å². The van der Waals surface area contributed by atoms with Crippen LogP contribution in [0.4, 0.5) is 0 Å². The standard InChI is InChI=1S/C33H31NO5/c1-24-32(31(36)37-2,34-30(39-24)25-15-7-3-8-16-25)29(35)23-38-33(26-17-9-4-10-18-26,27-19-11-5-12-20-27)28-21-13-6-14-22-28/h3-22,24,29,35H,23H2,1-2H3/t24?,29?,32-/m1/s1. The lowest BCUT2D eigenvalue weighted by molar-refractivity contribution is -0.159. The Bertz CT molecular complexity index is 1310. The second kappa shape index (κ2) is 11.2. The number of carbonyl (C=O) groups excluding carboxylic acids is 1. The van der Waals surface area contributed by atoms with E-state index >= 15 is 0 Å². The molecule has 0 bridgehead atoms. The first-order chi connectivity index (χ1) is 19.0. The molecule has 1 N–H and O–H groups in total. The third-order valence-corrected chi connectivity index (χ3v) is 7.23. The van der Waals surface area contributed by atoms with Gasteiger partial charge in [0.1, 0.15) is 17.8 Å². The lowest BCUT2D eigenvalue weighted by Gasteiger charge is -2.38. The summed E-state index contributed by atoms with van der Waals surface area (Å²) in [5.41, 5.74) is 0.560. The quantitative estimate of drug-likeness (QED) is 0.244. The summed E-state index contributed by atoms with van der Waals surface area (Å²) in [5, 5.41) is 11.7. The number of rotatable bonds is 9. The van der Waals surface area contributed by atoms with Crippen molar-refractivity contribution in [3.05, 3.63) is 144 Å². The zero-order valence-corrected chi connectivity index (χ0v) is 21.9. The minimum absolute atomic E-state index is 0.229. The molecule has 2 unspecified atom stereocenters. The highest BCUT2D eigenvalue weighted by Crippen LogP contribution is 2.42. The molecule has 1 aliphatic rings. The molecular weight excluding hydrogens is 490 g/mol. The second-order valence-electron chi connectivity index (χ2n) is 9.47. The van der Waals surface area contributed by atoms with Crippen molar-refractivity contribution in [1.82, 2.24) is 0 Å². The van der Waals surface area contributed by atoms with Crippen molar-refractivity contribution in [2.75, 3.05) is 13.7 Å². The van der Waals surface area contributed by atoms with E-state index in [-0.39, 0.29) is 12.5 Å². The van der Waals surface area contributed by atoms with Crippen LogP contribution in [0, 0.1) is 0 Å². The number of aliphatic hydroxyl groups is 1. The van der Waals surface area contributed by atoms with E-state index in [9.17, 15) is 9.90 Å². The van der Waals surface area contributed by atoms with E-state index in [0.29, 0.717) is 5.56 Å². The summed E-state index contributed by atoms with van der Waals surface area (Å²) in [4.78, 5) is 17.9. The summed E-state index contributed by atoms with van der Waals surface area (Å²) in [6, 6.07) is 38.8. The number of aliphatic imine (C=N–C) groups is 1. The van der Waals surface area contributed by atoms with Crippen molar-refractivity contribution >= 4 is 11.9 Å². The van der Waals surface area contributed by atoms with Gasteiger partial charge < -0.3 is 19.3 Å². The van der Waals surface area contributed by atoms with Crippen LogP contribution in [0.2, 0.25) is 0 Å². The average Bonchev–Trinajstić information content (AvgIpc) is 3.37. The largest absolute Gasteiger partial charge is 0.471 e. The van der Waals surface area contributed by atoms with Gasteiger partial charge in [0.05, 0.1) is 13.7 Å². The van der Waals surface area contributed by atoms with Gasteiger partial charge in [0.25, 0.3) is 0 Å². The Hall–Kier alpha value is -4.26. The molecule has 0 spiro atoms. The third kappa shape index (κ3) is 4.73. The first-order valence-electron chi connectivity index (χ1n) is 12.9. The maximum atomic E-state index is 13.3. The molecule has 3 atom stereocenters. The number of benzene rings is 4. The Labute approximate surface area is 228 Å². The highest BCUT2D eigenvalue weighted by molar-refractivity contribution is 5.99. The highest BCUT2D eigenvalue weighted by atomic mass is 16.5. The van der Waals surface area contributed by atoms with Gasteiger partial charge in [-0.25, -0.2) is 9.79 Å². The number of methoxy groups -OCH3 is 1. The van der Waals surface area contributed by atoms with E-state index in [1.165, 1.54) is 7.11 Å². The summed E-state index contributed by atoms with van der Waals surface area (Å²) in [6.07, 6.45) is -2.17. The van der Waals surface area contributed by atoms with Crippen molar-refractivity contribution in [2.24, 2.45) is 4.99 Å². The van der Waals surface area contributed by atoms with Crippen LogP contribution in [0.3, 0.4) is 0 Å². The van der Waals surface area contributed by atoms with Crippen LogP contribution in [0.25, 0.3) is 0 Å². The number of esters is 1. The SMILES string of the molecule is COC(=O)[C@@]1(C(O)COC(c2ccccc2)(c2ccccc2)c2ccccc2)N=C(c2ccccc2)OC1C. The van der Waals surface area contributed by atoms with Crippen LogP contribution in [0.15, 0.2) is 126 Å². The lowest BCUT2D eigenvalue weighted by atomic mass is 9.79. The van der Waals surface area contributed by atoms with Crippen molar-refractivity contribution in [3.63, 3.8) is 0 Å². The normalized spacial score (nSPS) is 19.6. The Kier molecular flexibility index (Phi) is 7.59. The van der Waals surface area contributed by atoms with Crippen LogP contribution in [-0.2, 0) is 24.6 Å². The molecule has 5 rings (SSSR count). The first-order valence-corrected chi connectivity index (χ1v) is 12.9. The predicted octanol–water partition coefficient (Wildman–Crippen LogP) is 5.13. The molecule has 6 nitrogen and oxygen atoms in total. The van der Waals surface area contributed by atoms with Crippen LogP contribution < -0.4 is 0 Å². The average molecular weight is 522 g/mol. The number of hydrogen-bond acceptors (Lipinski definition) is 6. The molecule has 0 aliphatic carbocycles. The van der Waals surface area contributed by atoms with Gasteiger partial charge in [0.15, 0.2) is 0 Å². The Morgan fingerprint density at radius 2 is 1.28 bits per heavy atom. The highest BCUT2D eigenvalue weighted by Gasteiger charge is 2.57. The number of hydrogen-bond donors (Lipinski definition) is 1. The fourth-order valence-electron chi connectivity index (χ4n) is 5.21. The monoisotopic (exact) mass is 521 g/mol. The molecule has 0 amide bonds. The fraction of sp³-hybridized carbons (Fsp3) is 0.212. The number of carbonyl (C=O) groups is 1. The topological polar surface area (TPSA) is 77.4 Å². The maximum absolute atomic E-state index is 13.3. The van der Waals surface area contributed by atoms with Gasteiger partial charge in [-0.05, 0) is 35.7 Å². The lowest BCUT2D eigenvalue weighted by Crippen LogP contribution is -2.57. The number of aliphatic hydroxyl groups excluding tert-OH is 1. The molecule has 1 heterocycles. The van der Waals surface area contributed by atoms with Crippen LogP contribution in [0.5, 0.6) is 0 Å². The van der Waals surface area contributed by atoms with Crippen molar-refractivity contribution in [1.29, 1.82) is 0 Å². The summed E-state index contributed by atoms with van der Waals surface area (Å²) < 4.78 is 18.0. The minimum atomic E-state index is -1.71. The Morgan fingerprint density at radius 3 is 1.72 bits per heavy atom. The molecule has 4 aromatic carbocycles. The summed E-state index contributed by atoms with van der Waals surface area (Å²) >= 11 is 0. The molecule has 0 fully saturated rings. The van der Waals surface area contributed by atoms with Crippen LogP contribution in [0.1, 0.15) is 29.2 Å². The molecule has 0 radical (unpaired) electrons. The fourth-order valence-corrected chi connectivity index (χ4v) is 5.21. The molecule has 0 saturated heterocycles. The molecular formula is C33H31NO5. The zero-order valence-electron chi connectivity index (χ0n) is 21.9. The number of ether oxygens (including phenoxy) is 3. The second-order valence-corrected chi connectivity index (χ2v) is 9.47. The zero-order chi connectivity index (χ0) is 27.3. The first kappa shape index (κ1) is 26.4. The molecule has 6 heteroatoms. The minimum Gasteiger partial charge on any atom is -0.471 e. The van der Waals surface area contributed by atoms with Crippen molar-refractivity contribution in [2.45, 2.75) is 30.3 Å². The van der Waals surface area contributed by atoms with Gasteiger partial charge in [-0.2, -0.15) is 0 Å². The van der Waals surface area contributed by atoms with E-state index < -0.39 is 29.3 Å². The molecule has 1 aliphatic heterocycles. The summed E-state index contributed by atoms with van der Waals surface area (Å²) in [7, 11) is 1.28. The Morgan fingerprint density at radius 1 is 0.846 bits per heavy atom. The molecule has 198 valence electrons. The molecule has 0 saturated carbocycles. The van der Waals surface area contributed by atoms with Crippen LogP contribution in [-0.4, -0.2) is 48.4 Å². The smallest absolute Gasteiger partial charge is 0.340 e. The van der Waals surface area contributed by atoms with Gasteiger partial charge in [0.2, 0.25) is 11.4 Å². The predicted molar refractivity (Wildman–Crippen MR) is 149 cm³/mol. The molecule has 0 aromatic heterocycles. The van der Waals surface area contributed by atoms with E-state index in [2.05, 4.69) is 4.99 Å². The number of nitrogens with zero attached hydrogens (tertiary/aromatic N) is 1. The molecule has 4 aromatic rings. The van der Waals surface area contributed by atoms with Crippen molar-refractivity contribution < 1.29 is 24.1 Å². The van der Waals surface area contributed by atoms with Gasteiger partial charge in [-0.1, -0.05) is 109 Å². The molecule has 39 heavy (non-hydrogen) atoms. The third-order valence-electron chi connectivity index (χ3n) is 7.23. The summed E-state index contributed by atoms with van der Waals surface area (Å²) in [6.45, 7) is 1.48. The van der Waals surface area contributed by atoms with Crippen LogP contribution >= 0.6 is 0 Å². The van der Waals surface area contributed by atoms with Gasteiger partial charge >= 0.3 is 5.97 Å². The van der Waals surface area contributed by atoms with E-state index in [1.54, 1.807) is 6.92 Å². The van der Waals surface area contributed by atoms with Gasteiger partial charge in [-0.3, -0.25) is 0 Å². The van der Waals surface area contributed by atoms with Crippen molar-refractivity contribution in [3.8, 4) is 0 Å². The van der Waals surface area contributed by atoms with Gasteiger partial charge in [0, 0.05) is 5.56 Å². The summed E-state index contributed by atoms with van der Waals surface area (Å²) in [5.74, 6) is -0.422. The Balaban J connectivity index is 1.59. The van der Waals surface area contributed by atoms with E-state index in [4.69, 9.17) is 14.2 Å². The maximum Gasteiger partial charge on any atom is 0.340 e. The van der Waals surface area contributed by atoms with E-state index in [1.807, 2.05) is 121 Å². The van der Waals surface area contributed by atoms with E-state index in [0.717, 1.165) is 16.7 Å².